The van der Waals surface area contributed by atoms with Gasteiger partial charge in [-0.3, -0.25) is 9.59 Å². The maximum atomic E-state index is 11.7. The van der Waals surface area contributed by atoms with Crippen molar-refractivity contribution in [3.05, 3.63) is 35.4 Å². The molecule has 2 N–H and O–H groups in total. The predicted molar refractivity (Wildman–Crippen MR) is 75.7 cm³/mol. The monoisotopic (exact) mass is 273 g/mol. The van der Waals surface area contributed by atoms with E-state index >= 15 is 0 Å². The Kier molecular flexibility index (Phi) is 6.83. The maximum Gasteiger partial charge on any atom is 0.234 e. The molecule has 0 atom stereocenters. The Labute approximate surface area is 119 Å². The zero-order valence-electron chi connectivity index (χ0n) is 11.6. The number of carbonyl (C=O) groups is 2. The molecule has 0 radical (unpaired) electrons. The van der Waals surface area contributed by atoms with Crippen molar-refractivity contribution < 1.29 is 9.59 Å². The van der Waals surface area contributed by atoms with Crippen LogP contribution in [0.3, 0.4) is 0 Å². The van der Waals surface area contributed by atoms with E-state index in [0.29, 0.717) is 25.9 Å². The van der Waals surface area contributed by atoms with Crippen LogP contribution in [0.1, 0.15) is 24.0 Å². The normalized spacial score (nSPS) is 9.60. The van der Waals surface area contributed by atoms with Gasteiger partial charge in [-0.15, -0.1) is 0 Å². The number of carbonyl (C=O) groups excluding carboxylic acids is 2. The Balaban J connectivity index is 2.13. The Hall–Kier alpha value is -2.35. The number of rotatable bonds is 7. The number of aryl methyl sites for hydroxylation is 1. The maximum absolute atomic E-state index is 11.7. The number of nitrogens with one attached hydrogen (secondary N) is 2. The van der Waals surface area contributed by atoms with Gasteiger partial charge in [0.25, 0.3) is 0 Å². The topological polar surface area (TPSA) is 82.0 Å². The van der Waals surface area contributed by atoms with Gasteiger partial charge in [0.2, 0.25) is 11.8 Å². The largest absolute Gasteiger partial charge is 0.356 e. The summed E-state index contributed by atoms with van der Waals surface area (Å²) >= 11 is 0. The summed E-state index contributed by atoms with van der Waals surface area (Å²) in [5, 5.41) is 13.7. The van der Waals surface area contributed by atoms with Gasteiger partial charge in [0, 0.05) is 13.1 Å². The molecule has 0 fully saturated rings. The highest BCUT2D eigenvalue weighted by Gasteiger charge is 2.03. The summed E-state index contributed by atoms with van der Waals surface area (Å²) < 4.78 is 0. The van der Waals surface area contributed by atoms with Crippen molar-refractivity contribution in [3.63, 3.8) is 0 Å². The first-order chi connectivity index (χ1) is 9.61. The van der Waals surface area contributed by atoms with Gasteiger partial charge in [-0.1, -0.05) is 29.8 Å². The second-order valence-electron chi connectivity index (χ2n) is 4.55. The van der Waals surface area contributed by atoms with Crippen LogP contribution >= 0.6 is 0 Å². The molecule has 5 nitrogen and oxygen atoms in total. The minimum absolute atomic E-state index is 0.0304. The van der Waals surface area contributed by atoms with Gasteiger partial charge in [0.05, 0.1) is 12.5 Å². The van der Waals surface area contributed by atoms with Crippen molar-refractivity contribution in [1.82, 2.24) is 10.6 Å². The number of nitriles is 1. The summed E-state index contributed by atoms with van der Waals surface area (Å²) in [6.45, 7) is 2.98. The highest BCUT2D eigenvalue weighted by Crippen LogP contribution is 2.03. The van der Waals surface area contributed by atoms with Crippen LogP contribution in [-0.4, -0.2) is 24.9 Å². The third-order valence-corrected chi connectivity index (χ3v) is 2.72. The van der Waals surface area contributed by atoms with Crippen LogP contribution in [0.5, 0.6) is 0 Å². The van der Waals surface area contributed by atoms with E-state index in [2.05, 4.69) is 10.6 Å². The minimum atomic E-state index is -0.279. The number of hydrogen-bond donors (Lipinski definition) is 2. The van der Waals surface area contributed by atoms with Gasteiger partial charge in [0.1, 0.15) is 6.42 Å². The van der Waals surface area contributed by atoms with Crippen LogP contribution in [0.15, 0.2) is 24.3 Å². The van der Waals surface area contributed by atoms with Crippen molar-refractivity contribution in [3.8, 4) is 6.07 Å². The predicted octanol–water partition coefficient (Wildman–Crippen LogP) is 1.07. The standard InChI is InChI=1S/C15H19N3O2/c1-12-3-5-13(6-4-12)11-15(20)18-10-2-9-17-14(19)7-8-16/h3-6H,2,7,9-11H2,1H3,(H,17,19)(H,18,20). The second-order valence-corrected chi connectivity index (χ2v) is 4.55. The van der Waals surface area contributed by atoms with Gasteiger partial charge < -0.3 is 10.6 Å². The van der Waals surface area contributed by atoms with Crippen LogP contribution in [0, 0.1) is 18.3 Å². The summed E-state index contributed by atoms with van der Waals surface area (Å²) in [5.41, 5.74) is 2.15. The molecule has 0 spiro atoms. The molecule has 20 heavy (non-hydrogen) atoms. The van der Waals surface area contributed by atoms with Crippen molar-refractivity contribution >= 4 is 11.8 Å². The summed E-state index contributed by atoms with van der Waals surface area (Å²) in [6, 6.07) is 9.62. The molecule has 5 heteroatoms. The summed E-state index contributed by atoms with van der Waals surface area (Å²) in [7, 11) is 0. The molecule has 1 aromatic rings. The fraction of sp³-hybridized carbons (Fsp3) is 0.400. The molecule has 2 amide bonds. The molecular formula is C15H19N3O2. The van der Waals surface area contributed by atoms with Crippen LogP contribution in [0.25, 0.3) is 0 Å². The number of benzene rings is 1. The molecular weight excluding hydrogens is 254 g/mol. The first-order valence-corrected chi connectivity index (χ1v) is 6.57. The molecule has 0 aromatic heterocycles. The van der Waals surface area contributed by atoms with E-state index < -0.39 is 0 Å². The minimum Gasteiger partial charge on any atom is -0.356 e. The average molecular weight is 273 g/mol. The summed E-state index contributed by atoms with van der Waals surface area (Å²) in [4.78, 5) is 22.6. The third kappa shape index (κ3) is 6.55. The van der Waals surface area contributed by atoms with Crippen LogP contribution in [0.4, 0.5) is 0 Å². The van der Waals surface area contributed by atoms with Crippen molar-refractivity contribution in [2.75, 3.05) is 13.1 Å². The van der Waals surface area contributed by atoms with E-state index in [4.69, 9.17) is 5.26 Å². The molecule has 106 valence electrons. The molecule has 0 unspecified atom stereocenters. The molecule has 0 aliphatic carbocycles. The summed E-state index contributed by atoms with van der Waals surface area (Å²) in [5.74, 6) is -0.310. The third-order valence-electron chi connectivity index (χ3n) is 2.72. The average Bonchev–Trinajstić information content (AvgIpc) is 2.41. The Bertz CT molecular complexity index is 489. The SMILES string of the molecule is Cc1ccc(CC(=O)NCCCNC(=O)CC#N)cc1. The Morgan fingerprint density at radius 3 is 2.30 bits per heavy atom. The van der Waals surface area contributed by atoms with E-state index in [1.807, 2.05) is 31.2 Å². The fourth-order valence-electron chi connectivity index (χ4n) is 1.63. The molecule has 1 aromatic carbocycles. The fourth-order valence-corrected chi connectivity index (χ4v) is 1.63. The van der Waals surface area contributed by atoms with E-state index in [9.17, 15) is 9.59 Å². The van der Waals surface area contributed by atoms with E-state index in [0.717, 1.165) is 5.56 Å². The van der Waals surface area contributed by atoms with Crippen LogP contribution < -0.4 is 10.6 Å². The van der Waals surface area contributed by atoms with E-state index in [1.165, 1.54) is 5.56 Å². The number of amides is 2. The van der Waals surface area contributed by atoms with Crippen molar-refractivity contribution in [1.29, 1.82) is 5.26 Å². The Morgan fingerprint density at radius 1 is 1.10 bits per heavy atom. The van der Waals surface area contributed by atoms with Gasteiger partial charge in [-0.2, -0.15) is 5.26 Å². The highest BCUT2D eigenvalue weighted by molar-refractivity contribution is 5.78. The lowest BCUT2D eigenvalue weighted by atomic mass is 10.1. The quantitative estimate of drug-likeness (QED) is 0.729. The van der Waals surface area contributed by atoms with Crippen molar-refractivity contribution in [2.24, 2.45) is 0 Å². The molecule has 0 heterocycles. The molecule has 1 rings (SSSR count). The van der Waals surface area contributed by atoms with Gasteiger partial charge in [-0.25, -0.2) is 0 Å². The number of hydrogen-bond acceptors (Lipinski definition) is 3. The second kappa shape index (κ2) is 8.70. The zero-order valence-corrected chi connectivity index (χ0v) is 11.6. The molecule has 0 aliphatic rings. The summed E-state index contributed by atoms with van der Waals surface area (Å²) in [6.07, 6.45) is 0.887. The molecule has 0 aliphatic heterocycles. The van der Waals surface area contributed by atoms with Gasteiger partial charge in [0.15, 0.2) is 0 Å². The molecule has 0 saturated carbocycles. The lowest BCUT2D eigenvalue weighted by Gasteiger charge is -2.06. The van der Waals surface area contributed by atoms with Gasteiger partial charge >= 0.3 is 0 Å². The lowest BCUT2D eigenvalue weighted by Crippen LogP contribution is -2.30. The van der Waals surface area contributed by atoms with Crippen LogP contribution in [0.2, 0.25) is 0 Å². The van der Waals surface area contributed by atoms with E-state index in [-0.39, 0.29) is 18.2 Å². The zero-order chi connectivity index (χ0) is 14.8. The van der Waals surface area contributed by atoms with Crippen molar-refractivity contribution in [2.45, 2.75) is 26.2 Å². The van der Waals surface area contributed by atoms with Gasteiger partial charge in [-0.05, 0) is 18.9 Å². The van der Waals surface area contributed by atoms with Crippen LogP contribution in [-0.2, 0) is 16.0 Å². The smallest absolute Gasteiger partial charge is 0.234 e. The Morgan fingerprint density at radius 2 is 1.70 bits per heavy atom. The first-order valence-electron chi connectivity index (χ1n) is 6.57. The highest BCUT2D eigenvalue weighted by atomic mass is 16.2. The number of nitrogens with zero attached hydrogens (tertiary/aromatic N) is 1. The molecule has 0 saturated heterocycles. The first kappa shape index (κ1) is 15.7. The molecule has 0 bridgehead atoms. The lowest BCUT2D eigenvalue weighted by molar-refractivity contribution is -0.120. The van der Waals surface area contributed by atoms with E-state index in [1.54, 1.807) is 6.07 Å².